The molecule has 94 valence electrons. The summed E-state index contributed by atoms with van der Waals surface area (Å²) in [5.74, 6) is -1.87. The van der Waals surface area contributed by atoms with Crippen LogP contribution in [0.15, 0.2) is 24.4 Å². The Hall–Kier alpha value is -2.24. The first-order valence-electron chi connectivity index (χ1n) is 5.16. The molecule has 1 aromatic carbocycles. The Morgan fingerprint density at radius 2 is 2.17 bits per heavy atom. The predicted octanol–water partition coefficient (Wildman–Crippen LogP) is 2.07. The van der Waals surface area contributed by atoms with Crippen molar-refractivity contribution < 1.29 is 18.3 Å². The number of nitrogens with one attached hydrogen (secondary N) is 1. The molecule has 0 radical (unpaired) electrons. The van der Waals surface area contributed by atoms with Gasteiger partial charge in [0.05, 0.1) is 19.0 Å². The van der Waals surface area contributed by atoms with E-state index >= 15 is 0 Å². The molecule has 0 bridgehead atoms. The number of halogens is 2. The van der Waals surface area contributed by atoms with Gasteiger partial charge in [0.25, 0.3) is 0 Å². The van der Waals surface area contributed by atoms with Gasteiger partial charge in [-0.05, 0) is 18.2 Å². The van der Waals surface area contributed by atoms with E-state index in [1.165, 1.54) is 19.4 Å². The van der Waals surface area contributed by atoms with Gasteiger partial charge in [-0.2, -0.15) is 0 Å². The van der Waals surface area contributed by atoms with Crippen LogP contribution in [0.3, 0.4) is 0 Å². The van der Waals surface area contributed by atoms with E-state index in [-0.39, 0.29) is 6.42 Å². The van der Waals surface area contributed by atoms with Crippen molar-refractivity contribution in [1.82, 2.24) is 9.97 Å². The van der Waals surface area contributed by atoms with Gasteiger partial charge in [-0.3, -0.25) is 4.79 Å². The molecular weight excluding hydrogens is 242 g/mol. The summed E-state index contributed by atoms with van der Waals surface area (Å²) in [6, 6.07) is 3.52. The monoisotopic (exact) mass is 252 g/mol. The zero-order valence-electron chi connectivity index (χ0n) is 9.54. The van der Waals surface area contributed by atoms with Crippen LogP contribution < -0.4 is 0 Å². The van der Waals surface area contributed by atoms with Crippen LogP contribution in [0.25, 0.3) is 11.3 Å². The third kappa shape index (κ3) is 2.53. The highest BCUT2D eigenvalue weighted by Crippen LogP contribution is 2.19. The van der Waals surface area contributed by atoms with Crippen molar-refractivity contribution in [1.29, 1.82) is 0 Å². The molecule has 0 fully saturated rings. The number of carbonyl (C=O) groups excluding carboxylic acids is 1. The predicted molar refractivity (Wildman–Crippen MR) is 59.7 cm³/mol. The van der Waals surface area contributed by atoms with Gasteiger partial charge in [0.2, 0.25) is 0 Å². The highest BCUT2D eigenvalue weighted by molar-refractivity contribution is 5.71. The Balaban J connectivity index is 2.23. The first-order valence-corrected chi connectivity index (χ1v) is 5.16. The lowest BCUT2D eigenvalue weighted by atomic mass is 10.1. The number of benzene rings is 1. The Labute approximate surface area is 102 Å². The summed E-state index contributed by atoms with van der Waals surface area (Å²) < 4.78 is 30.3. The molecule has 18 heavy (non-hydrogen) atoms. The van der Waals surface area contributed by atoms with Crippen LogP contribution in [0.5, 0.6) is 0 Å². The largest absolute Gasteiger partial charge is 0.469 e. The molecule has 0 unspecified atom stereocenters. The number of carbonyl (C=O) groups is 1. The molecule has 0 saturated carbocycles. The Kier molecular flexibility index (Phi) is 3.36. The van der Waals surface area contributed by atoms with Crippen LogP contribution in [0.2, 0.25) is 0 Å². The standard InChI is InChI=1S/C12H10F2N2O2/c1-18-12(17)5-11-15-6-10(16-11)7-2-3-8(13)9(14)4-7/h2-4,6H,5H2,1H3,(H,15,16). The van der Waals surface area contributed by atoms with Gasteiger partial charge in [-0.25, -0.2) is 13.8 Å². The number of H-pyrrole nitrogens is 1. The van der Waals surface area contributed by atoms with Crippen molar-refractivity contribution in [3.8, 4) is 11.3 Å². The minimum absolute atomic E-state index is 0.000175. The highest BCUT2D eigenvalue weighted by Gasteiger charge is 2.09. The maximum absolute atomic E-state index is 13.1. The van der Waals surface area contributed by atoms with E-state index < -0.39 is 17.6 Å². The third-order valence-corrected chi connectivity index (χ3v) is 2.40. The number of esters is 1. The quantitative estimate of drug-likeness (QED) is 0.851. The number of rotatable bonds is 3. The molecule has 1 aromatic heterocycles. The number of aromatic nitrogens is 2. The summed E-state index contributed by atoms with van der Waals surface area (Å²) in [6.07, 6.45) is 1.45. The third-order valence-electron chi connectivity index (χ3n) is 2.40. The van der Waals surface area contributed by atoms with Crippen LogP contribution >= 0.6 is 0 Å². The second-order valence-corrected chi connectivity index (χ2v) is 3.63. The van der Waals surface area contributed by atoms with Crippen LogP contribution in [0, 0.1) is 11.6 Å². The molecule has 4 nitrogen and oxygen atoms in total. The van der Waals surface area contributed by atoms with E-state index in [1.54, 1.807) is 0 Å². The van der Waals surface area contributed by atoms with Crippen LogP contribution in [-0.4, -0.2) is 23.0 Å². The Morgan fingerprint density at radius 1 is 1.39 bits per heavy atom. The number of aromatic amines is 1. The van der Waals surface area contributed by atoms with Crippen molar-refractivity contribution in [3.05, 3.63) is 41.9 Å². The molecular formula is C12H10F2N2O2. The van der Waals surface area contributed by atoms with Crippen LogP contribution in [0.1, 0.15) is 5.82 Å². The molecule has 1 N–H and O–H groups in total. The zero-order chi connectivity index (χ0) is 13.1. The molecule has 0 spiro atoms. The molecule has 6 heteroatoms. The van der Waals surface area contributed by atoms with Gasteiger partial charge >= 0.3 is 5.97 Å². The summed E-state index contributed by atoms with van der Waals surface area (Å²) in [7, 11) is 1.28. The van der Waals surface area contributed by atoms with E-state index in [4.69, 9.17) is 0 Å². The molecule has 2 rings (SSSR count). The summed E-state index contributed by atoms with van der Waals surface area (Å²) in [5, 5.41) is 0. The first kappa shape index (κ1) is 12.2. The minimum Gasteiger partial charge on any atom is -0.469 e. The first-order chi connectivity index (χ1) is 8.60. The maximum atomic E-state index is 13.1. The van der Waals surface area contributed by atoms with E-state index in [2.05, 4.69) is 14.7 Å². The summed E-state index contributed by atoms with van der Waals surface area (Å²) in [5.41, 5.74) is 0.963. The molecule has 0 saturated heterocycles. The zero-order valence-corrected chi connectivity index (χ0v) is 9.54. The number of ether oxygens (including phenoxy) is 1. The van der Waals surface area contributed by atoms with Crippen LogP contribution in [-0.2, 0) is 16.0 Å². The van der Waals surface area contributed by atoms with Crippen molar-refractivity contribution in [2.45, 2.75) is 6.42 Å². The smallest absolute Gasteiger partial charge is 0.313 e. The minimum atomic E-state index is -0.934. The van der Waals surface area contributed by atoms with Gasteiger partial charge in [0, 0.05) is 5.56 Å². The molecule has 0 atom stereocenters. The molecule has 0 aliphatic heterocycles. The van der Waals surface area contributed by atoms with Gasteiger partial charge in [-0.1, -0.05) is 0 Å². The van der Waals surface area contributed by atoms with Gasteiger partial charge in [-0.15, -0.1) is 0 Å². The van der Waals surface area contributed by atoms with Gasteiger partial charge in [0.15, 0.2) is 11.6 Å². The molecule has 0 aliphatic carbocycles. The number of nitrogens with zero attached hydrogens (tertiary/aromatic N) is 1. The lowest BCUT2D eigenvalue weighted by Crippen LogP contribution is -2.05. The SMILES string of the molecule is COC(=O)Cc1ncc(-c2ccc(F)c(F)c2)[nH]1. The van der Waals surface area contributed by atoms with Gasteiger partial charge < -0.3 is 9.72 Å². The van der Waals surface area contributed by atoms with E-state index in [0.29, 0.717) is 17.1 Å². The van der Waals surface area contributed by atoms with Crippen molar-refractivity contribution in [2.24, 2.45) is 0 Å². The Morgan fingerprint density at radius 3 is 2.83 bits per heavy atom. The lowest BCUT2D eigenvalue weighted by molar-refractivity contribution is -0.139. The maximum Gasteiger partial charge on any atom is 0.313 e. The highest BCUT2D eigenvalue weighted by atomic mass is 19.2. The Bertz CT molecular complexity index is 581. The van der Waals surface area contributed by atoms with E-state index in [1.807, 2.05) is 0 Å². The summed E-state index contributed by atoms with van der Waals surface area (Å²) >= 11 is 0. The molecule has 0 aliphatic rings. The molecule has 2 aromatic rings. The summed E-state index contributed by atoms with van der Waals surface area (Å²) in [4.78, 5) is 17.8. The fraction of sp³-hybridized carbons (Fsp3) is 0.167. The normalized spacial score (nSPS) is 10.4. The van der Waals surface area contributed by atoms with E-state index in [9.17, 15) is 13.6 Å². The van der Waals surface area contributed by atoms with Crippen molar-refractivity contribution in [2.75, 3.05) is 7.11 Å². The second kappa shape index (κ2) is 4.95. The topological polar surface area (TPSA) is 55.0 Å². The fourth-order valence-electron chi connectivity index (χ4n) is 1.47. The number of hydrogen-bond acceptors (Lipinski definition) is 3. The number of hydrogen-bond donors (Lipinski definition) is 1. The van der Waals surface area contributed by atoms with Crippen LogP contribution in [0.4, 0.5) is 8.78 Å². The van der Waals surface area contributed by atoms with Gasteiger partial charge in [0.1, 0.15) is 12.2 Å². The van der Waals surface area contributed by atoms with Crippen molar-refractivity contribution >= 4 is 5.97 Å². The second-order valence-electron chi connectivity index (χ2n) is 3.63. The lowest BCUT2D eigenvalue weighted by Gasteiger charge is -1.99. The summed E-state index contributed by atoms with van der Waals surface area (Å²) in [6.45, 7) is 0. The average Bonchev–Trinajstić information content (AvgIpc) is 2.81. The van der Waals surface area contributed by atoms with E-state index in [0.717, 1.165) is 12.1 Å². The molecule has 0 amide bonds. The number of imidazole rings is 1. The van der Waals surface area contributed by atoms with Crippen molar-refractivity contribution in [3.63, 3.8) is 0 Å². The average molecular weight is 252 g/mol. The molecule has 1 heterocycles. The number of methoxy groups -OCH3 is 1. The fourth-order valence-corrected chi connectivity index (χ4v) is 1.47.